The quantitative estimate of drug-likeness (QED) is 0.351. The first-order valence-electron chi connectivity index (χ1n) is 7.55. The molecule has 21 heavy (non-hydrogen) atoms. The molecule has 1 rings (SSSR count). The second kappa shape index (κ2) is 12.7. The van der Waals surface area contributed by atoms with Crippen LogP contribution < -0.4 is 29.6 Å². The summed E-state index contributed by atoms with van der Waals surface area (Å²) in [5.74, 6) is -0.0374. The average Bonchev–Trinajstić information content (AvgIpc) is 2.42. The molecule has 0 fully saturated rings. The van der Waals surface area contributed by atoms with Crippen molar-refractivity contribution < 1.29 is 43.6 Å². The third-order valence-corrected chi connectivity index (χ3v) is 4.41. The van der Waals surface area contributed by atoms with E-state index in [-0.39, 0.29) is 36.7 Å². The van der Waals surface area contributed by atoms with Crippen molar-refractivity contribution >= 4 is 10.1 Å². The first-order valence-corrected chi connectivity index (χ1v) is 9.13. The van der Waals surface area contributed by atoms with Gasteiger partial charge in [0.25, 0.3) is 10.1 Å². The summed E-state index contributed by atoms with van der Waals surface area (Å²) >= 11 is 0. The summed E-state index contributed by atoms with van der Waals surface area (Å²) in [6.45, 7) is 2.51. The largest absolute Gasteiger partial charge is 1.00 e. The van der Waals surface area contributed by atoms with E-state index in [4.69, 9.17) is 4.18 Å². The molecule has 0 radical (unpaired) electrons. The maximum absolute atomic E-state index is 11.8. The molecular formula is C16H27NaO3S. The molecule has 0 spiro atoms. The summed E-state index contributed by atoms with van der Waals surface area (Å²) in [5, 5.41) is 0. The monoisotopic (exact) mass is 322 g/mol. The van der Waals surface area contributed by atoms with Crippen molar-refractivity contribution in [3.63, 3.8) is 0 Å². The number of hydrogen-bond donors (Lipinski definition) is 0. The van der Waals surface area contributed by atoms with Crippen LogP contribution >= 0.6 is 0 Å². The molecule has 0 saturated heterocycles. The van der Waals surface area contributed by atoms with E-state index >= 15 is 0 Å². The molecule has 0 aliphatic rings. The fourth-order valence-corrected chi connectivity index (χ4v) is 3.12. The topological polar surface area (TPSA) is 43.4 Å². The summed E-state index contributed by atoms with van der Waals surface area (Å²) < 4.78 is 28.5. The van der Waals surface area contributed by atoms with Crippen LogP contribution in [0.25, 0.3) is 0 Å². The van der Waals surface area contributed by atoms with Crippen molar-refractivity contribution in [2.75, 3.05) is 6.61 Å². The number of hydrogen-bond acceptors (Lipinski definition) is 3. The Morgan fingerprint density at radius 3 is 2.14 bits per heavy atom. The van der Waals surface area contributed by atoms with Gasteiger partial charge in [-0.3, -0.25) is 4.18 Å². The Morgan fingerprint density at radius 2 is 1.52 bits per heavy atom. The zero-order valence-corrected chi connectivity index (χ0v) is 16.2. The Hall–Kier alpha value is 0.130. The molecule has 0 aliphatic heterocycles. The molecule has 0 bridgehead atoms. The van der Waals surface area contributed by atoms with Gasteiger partial charge in [-0.05, 0) is 12.0 Å². The van der Waals surface area contributed by atoms with Crippen LogP contribution in [-0.2, 0) is 20.1 Å². The van der Waals surface area contributed by atoms with E-state index in [0.29, 0.717) is 6.61 Å². The average molecular weight is 322 g/mol. The fourth-order valence-electron chi connectivity index (χ4n) is 2.07. The number of benzene rings is 1. The van der Waals surface area contributed by atoms with Gasteiger partial charge in [-0.25, -0.2) is 0 Å². The Kier molecular flexibility index (Phi) is 12.7. The van der Waals surface area contributed by atoms with Gasteiger partial charge in [0.1, 0.15) is 5.75 Å². The second-order valence-electron chi connectivity index (χ2n) is 5.13. The SMILES string of the molecule is CCCCCCCCCOS(=O)(=O)Cc1ccccc1.[H-].[Na+]. The van der Waals surface area contributed by atoms with Gasteiger partial charge in [0.05, 0.1) is 6.61 Å². The van der Waals surface area contributed by atoms with Crippen LogP contribution in [0.5, 0.6) is 0 Å². The van der Waals surface area contributed by atoms with Crippen LogP contribution in [0.2, 0.25) is 0 Å². The molecule has 0 saturated carbocycles. The minimum absolute atomic E-state index is 0. The molecule has 0 heterocycles. The normalized spacial score (nSPS) is 11.1. The molecule has 0 unspecified atom stereocenters. The Bertz CT molecular complexity index is 452. The maximum Gasteiger partial charge on any atom is 1.00 e. The van der Waals surface area contributed by atoms with Crippen LogP contribution in [0.3, 0.4) is 0 Å². The molecule has 0 aromatic heterocycles. The Balaban J connectivity index is 0. The molecule has 1 aromatic rings. The molecule has 5 heteroatoms. The minimum atomic E-state index is -3.44. The summed E-state index contributed by atoms with van der Waals surface area (Å²) in [4.78, 5) is 0. The standard InChI is InChI=1S/C16H26O3S.Na.H/c1-2-3-4-5-6-7-11-14-19-20(17,18)15-16-12-9-8-10-13-16;;/h8-10,12-13H,2-7,11,14-15H2,1H3;;/q;+1;-1. The van der Waals surface area contributed by atoms with Gasteiger partial charge < -0.3 is 1.43 Å². The van der Waals surface area contributed by atoms with E-state index in [1.807, 2.05) is 18.2 Å². The predicted octanol–water partition coefficient (Wildman–Crippen LogP) is 1.40. The van der Waals surface area contributed by atoms with Crippen molar-refractivity contribution in [3.8, 4) is 0 Å². The fraction of sp³-hybridized carbons (Fsp3) is 0.625. The summed E-state index contributed by atoms with van der Waals surface area (Å²) in [5.41, 5.74) is 0.770. The van der Waals surface area contributed by atoms with Crippen molar-refractivity contribution in [2.24, 2.45) is 0 Å². The maximum atomic E-state index is 11.8. The number of rotatable bonds is 11. The van der Waals surface area contributed by atoms with Gasteiger partial charge in [0.2, 0.25) is 0 Å². The van der Waals surface area contributed by atoms with E-state index < -0.39 is 10.1 Å². The molecular weight excluding hydrogens is 295 g/mol. The smallest absolute Gasteiger partial charge is 1.00 e. The molecule has 116 valence electrons. The molecule has 0 amide bonds. The zero-order chi connectivity index (χ0) is 14.7. The molecule has 1 aromatic carbocycles. The summed E-state index contributed by atoms with van der Waals surface area (Å²) in [6.07, 6.45) is 8.10. The van der Waals surface area contributed by atoms with Crippen molar-refractivity contribution in [1.29, 1.82) is 0 Å². The van der Waals surface area contributed by atoms with Crippen molar-refractivity contribution in [3.05, 3.63) is 35.9 Å². The van der Waals surface area contributed by atoms with Gasteiger partial charge in [0.15, 0.2) is 0 Å². The molecule has 0 N–H and O–H groups in total. The van der Waals surface area contributed by atoms with E-state index in [2.05, 4.69) is 6.92 Å². The molecule has 0 atom stereocenters. The minimum Gasteiger partial charge on any atom is -1.00 e. The number of unbranched alkanes of at least 4 members (excludes halogenated alkanes) is 6. The van der Waals surface area contributed by atoms with E-state index in [1.54, 1.807) is 12.1 Å². The predicted molar refractivity (Wildman–Crippen MR) is 84.1 cm³/mol. The van der Waals surface area contributed by atoms with E-state index in [1.165, 1.54) is 32.1 Å². The Morgan fingerprint density at radius 1 is 0.952 bits per heavy atom. The second-order valence-corrected chi connectivity index (χ2v) is 6.77. The molecule has 3 nitrogen and oxygen atoms in total. The van der Waals surface area contributed by atoms with Gasteiger partial charge in [0, 0.05) is 0 Å². The van der Waals surface area contributed by atoms with E-state index in [9.17, 15) is 8.42 Å². The van der Waals surface area contributed by atoms with Crippen LogP contribution in [0.15, 0.2) is 30.3 Å². The van der Waals surface area contributed by atoms with Crippen LogP contribution in [0.1, 0.15) is 58.9 Å². The zero-order valence-electron chi connectivity index (χ0n) is 14.4. The van der Waals surface area contributed by atoms with Crippen molar-refractivity contribution in [2.45, 2.75) is 57.6 Å². The molecule has 0 aliphatic carbocycles. The van der Waals surface area contributed by atoms with Crippen LogP contribution in [-0.4, -0.2) is 15.0 Å². The van der Waals surface area contributed by atoms with Crippen LogP contribution in [0, 0.1) is 0 Å². The van der Waals surface area contributed by atoms with Gasteiger partial charge >= 0.3 is 29.6 Å². The van der Waals surface area contributed by atoms with Crippen molar-refractivity contribution in [1.82, 2.24) is 0 Å². The summed E-state index contributed by atoms with van der Waals surface area (Å²) in [6, 6.07) is 9.14. The first-order chi connectivity index (χ1) is 9.64. The Labute approximate surface area is 153 Å². The van der Waals surface area contributed by atoms with Gasteiger partial charge in [-0.2, -0.15) is 8.42 Å². The van der Waals surface area contributed by atoms with E-state index in [0.717, 1.165) is 18.4 Å². The van der Waals surface area contributed by atoms with Gasteiger partial charge in [-0.15, -0.1) is 0 Å². The summed E-state index contributed by atoms with van der Waals surface area (Å²) in [7, 11) is -3.44. The first kappa shape index (κ1) is 21.1. The van der Waals surface area contributed by atoms with Gasteiger partial charge in [-0.1, -0.05) is 75.8 Å². The third kappa shape index (κ3) is 11.4. The third-order valence-electron chi connectivity index (χ3n) is 3.20. The van der Waals surface area contributed by atoms with Crippen LogP contribution in [0.4, 0.5) is 0 Å².